The normalized spacial score (nSPS) is 18.9. The highest BCUT2D eigenvalue weighted by molar-refractivity contribution is 7.89. The topological polar surface area (TPSA) is 74.7 Å². The lowest BCUT2D eigenvalue weighted by Crippen LogP contribution is -2.34. The van der Waals surface area contributed by atoms with E-state index in [-0.39, 0.29) is 10.5 Å². The number of sulfonamides is 1. The Labute approximate surface area is 124 Å². The highest BCUT2D eigenvalue weighted by Crippen LogP contribution is 2.36. The monoisotopic (exact) mass is 309 g/mol. The minimum atomic E-state index is -3.60. The van der Waals surface area contributed by atoms with Crippen molar-refractivity contribution in [2.75, 3.05) is 13.1 Å². The number of rotatable bonds is 7. The van der Waals surface area contributed by atoms with Gasteiger partial charge in [-0.25, -0.2) is 13.2 Å². The molecule has 0 atom stereocenters. The molecule has 3 rings (SSSR count). The first kappa shape index (κ1) is 14.5. The molecule has 2 aliphatic rings. The summed E-state index contributed by atoms with van der Waals surface area (Å²) < 4.78 is 27.1. The van der Waals surface area contributed by atoms with Gasteiger partial charge in [0.15, 0.2) is 0 Å². The van der Waals surface area contributed by atoms with E-state index in [0.29, 0.717) is 24.9 Å². The predicted molar refractivity (Wildman–Crippen MR) is 77.6 cm³/mol. The second-order valence-electron chi connectivity index (χ2n) is 6.04. The van der Waals surface area contributed by atoms with Crippen LogP contribution >= 0.6 is 0 Å². The summed E-state index contributed by atoms with van der Waals surface area (Å²) in [7, 11) is -3.60. The molecule has 0 radical (unpaired) electrons. The van der Waals surface area contributed by atoms with Crippen LogP contribution in [0.5, 0.6) is 0 Å². The van der Waals surface area contributed by atoms with Crippen molar-refractivity contribution in [2.24, 2.45) is 11.8 Å². The van der Waals surface area contributed by atoms with Crippen LogP contribution in [-0.4, -0.2) is 36.9 Å². The first-order valence-corrected chi connectivity index (χ1v) is 8.74. The van der Waals surface area contributed by atoms with Crippen molar-refractivity contribution in [2.45, 2.75) is 30.6 Å². The summed E-state index contributed by atoms with van der Waals surface area (Å²) in [5, 5.41) is 9.02. The van der Waals surface area contributed by atoms with Crippen LogP contribution in [0.4, 0.5) is 0 Å². The fourth-order valence-corrected chi connectivity index (χ4v) is 4.02. The molecule has 0 bridgehead atoms. The van der Waals surface area contributed by atoms with E-state index in [2.05, 4.69) is 0 Å². The zero-order valence-electron chi connectivity index (χ0n) is 11.7. The van der Waals surface area contributed by atoms with Gasteiger partial charge in [-0.15, -0.1) is 0 Å². The fraction of sp³-hybridized carbons (Fsp3) is 0.533. The number of carboxylic acid groups (broad SMARTS) is 1. The maximum absolute atomic E-state index is 12.8. The van der Waals surface area contributed by atoms with Gasteiger partial charge in [0.05, 0.1) is 10.5 Å². The highest BCUT2D eigenvalue weighted by atomic mass is 32.2. The summed E-state index contributed by atoms with van der Waals surface area (Å²) in [5.74, 6) is -0.162. The van der Waals surface area contributed by atoms with Crippen LogP contribution in [0, 0.1) is 11.8 Å². The third-order valence-corrected chi connectivity index (χ3v) is 5.86. The van der Waals surface area contributed by atoms with Crippen molar-refractivity contribution in [3.63, 3.8) is 0 Å². The van der Waals surface area contributed by atoms with E-state index in [0.717, 1.165) is 25.7 Å². The third-order valence-electron chi connectivity index (χ3n) is 4.04. The molecule has 1 aromatic carbocycles. The van der Waals surface area contributed by atoms with Crippen molar-refractivity contribution in [1.82, 2.24) is 4.31 Å². The molecule has 114 valence electrons. The quantitative estimate of drug-likeness (QED) is 0.838. The smallest absolute Gasteiger partial charge is 0.335 e. The Hall–Kier alpha value is -1.40. The zero-order valence-corrected chi connectivity index (χ0v) is 12.6. The molecule has 0 aliphatic heterocycles. The van der Waals surface area contributed by atoms with E-state index in [1.54, 1.807) is 4.31 Å². The molecule has 21 heavy (non-hydrogen) atoms. The summed E-state index contributed by atoms with van der Waals surface area (Å²) in [4.78, 5) is 11.1. The van der Waals surface area contributed by atoms with E-state index in [1.807, 2.05) is 0 Å². The van der Waals surface area contributed by atoms with E-state index >= 15 is 0 Å². The van der Waals surface area contributed by atoms with Gasteiger partial charge in [-0.1, -0.05) is 6.07 Å². The van der Waals surface area contributed by atoms with Crippen LogP contribution in [0.1, 0.15) is 36.0 Å². The Balaban J connectivity index is 1.87. The second kappa shape index (κ2) is 5.42. The van der Waals surface area contributed by atoms with Crippen molar-refractivity contribution >= 4 is 16.0 Å². The lowest BCUT2D eigenvalue weighted by molar-refractivity contribution is 0.0696. The van der Waals surface area contributed by atoms with Gasteiger partial charge in [0.2, 0.25) is 10.0 Å². The molecule has 1 aromatic rings. The van der Waals surface area contributed by atoms with Gasteiger partial charge in [-0.2, -0.15) is 4.31 Å². The molecule has 5 nitrogen and oxygen atoms in total. The second-order valence-corrected chi connectivity index (χ2v) is 7.98. The average Bonchev–Trinajstić information content (AvgIpc) is 3.33. The van der Waals surface area contributed by atoms with Gasteiger partial charge in [0.25, 0.3) is 0 Å². The molecule has 0 spiro atoms. The maximum Gasteiger partial charge on any atom is 0.335 e. The highest BCUT2D eigenvalue weighted by Gasteiger charge is 2.35. The molecule has 2 saturated carbocycles. The van der Waals surface area contributed by atoms with Crippen molar-refractivity contribution in [1.29, 1.82) is 0 Å². The average molecular weight is 309 g/mol. The molecule has 6 heteroatoms. The molecule has 1 N–H and O–H groups in total. The SMILES string of the molecule is O=C(O)c1cccc(S(=O)(=O)N(CC2CC2)CC2CC2)c1. The molecular formula is C15H19NO4S. The van der Waals surface area contributed by atoms with Gasteiger partial charge in [0, 0.05) is 13.1 Å². The van der Waals surface area contributed by atoms with Gasteiger partial charge < -0.3 is 5.11 Å². The summed E-state index contributed by atoms with van der Waals surface area (Å²) >= 11 is 0. The van der Waals surface area contributed by atoms with Crippen molar-refractivity contribution < 1.29 is 18.3 Å². The Morgan fingerprint density at radius 1 is 1.14 bits per heavy atom. The summed E-state index contributed by atoms with van der Waals surface area (Å²) in [5.41, 5.74) is 0.00821. The number of benzene rings is 1. The van der Waals surface area contributed by atoms with Gasteiger partial charge in [-0.3, -0.25) is 0 Å². The van der Waals surface area contributed by atoms with Crippen LogP contribution in [0.2, 0.25) is 0 Å². The Bertz CT molecular complexity index is 633. The van der Waals surface area contributed by atoms with Gasteiger partial charge in [-0.05, 0) is 55.7 Å². The van der Waals surface area contributed by atoms with E-state index < -0.39 is 16.0 Å². The number of carboxylic acids is 1. The van der Waals surface area contributed by atoms with Crippen LogP contribution in [0.25, 0.3) is 0 Å². The molecular weight excluding hydrogens is 290 g/mol. The minimum Gasteiger partial charge on any atom is -0.478 e. The van der Waals surface area contributed by atoms with Gasteiger partial charge >= 0.3 is 5.97 Å². The molecule has 0 saturated heterocycles. The fourth-order valence-electron chi connectivity index (χ4n) is 2.39. The van der Waals surface area contributed by atoms with Crippen LogP contribution in [-0.2, 0) is 10.0 Å². The number of hydrogen-bond acceptors (Lipinski definition) is 3. The molecule has 0 amide bonds. The number of hydrogen-bond donors (Lipinski definition) is 1. The van der Waals surface area contributed by atoms with E-state index in [4.69, 9.17) is 5.11 Å². The standard InChI is InChI=1S/C15H19NO4S/c17-15(18)13-2-1-3-14(8-13)21(19,20)16(9-11-4-5-11)10-12-6-7-12/h1-3,8,11-12H,4-7,9-10H2,(H,17,18). The lowest BCUT2D eigenvalue weighted by Gasteiger charge is -2.22. The number of nitrogens with zero attached hydrogens (tertiary/aromatic N) is 1. The molecule has 0 heterocycles. The van der Waals surface area contributed by atoms with Crippen molar-refractivity contribution in [3.8, 4) is 0 Å². The van der Waals surface area contributed by atoms with E-state index in [9.17, 15) is 13.2 Å². The van der Waals surface area contributed by atoms with E-state index in [1.165, 1.54) is 24.3 Å². The Kier molecular flexibility index (Phi) is 3.75. The van der Waals surface area contributed by atoms with Crippen LogP contribution in [0.15, 0.2) is 29.2 Å². The van der Waals surface area contributed by atoms with Gasteiger partial charge in [0.1, 0.15) is 0 Å². The maximum atomic E-state index is 12.8. The molecule has 2 fully saturated rings. The largest absolute Gasteiger partial charge is 0.478 e. The predicted octanol–water partition coefficient (Wildman–Crippen LogP) is 2.20. The third kappa shape index (κ3) is 3.44. The number of aromatic carboxylic acids is 1. The Morgan fingerprint density at radius 2 is 1.71 bits per heavy atom. The molecule has 2 aliphatic carbocycles. The first-order valence-electron chi connectivity index (χ1n) is 7.30. The first-order chi connectivity index (χ1) is 9.96. The summed E-state index contributed by atoms with van der Waals surface area (Å²) in [6, 6.07) is 5.63. The van der Waals surface area contributed by atoms with Crippen LogP contribution in [0.3, 0.4) is 0 Å². The van der Waals surface area contributed by atoms with Crippen LogP contribution < -0.4 is 0 Å². The summed E-state index contributed by atoms with van der Waals surface area (Å²) in [6.07, 6.45) is 4.36. The minimum absolute atomic E-state index is 0.00821. The van der Waals surface area contributed by atoms with Crippen molar-refractivity contribution in [3.05, 3.63) is 29.8 Å². The molecule has 0 aromatic heterocycles. The molecule has 0 unspecified atom stereocenters. The Morgan fingerprint density at radius 3 is 2.19 bits per heavy atom. The zero-order chi connectivity index (χ0) is 15.0. The summed E-state index contributed by atoms with van der Waals surface area (Å²) in [6.45, 7) is 1.13. The lowest BCUT2D eigenvalue weighted by atomic mass is 10.2. The number of carbonyl (C=O) groups is 1.